The molecule has 5 nitrogen and oxygen atoms in total. The SMILES string of the molecule is CCOc1ccc(C(=O)NCC(=O)NCCc2cccs2)cc1. The fraction of sp³-hybridized carbons (Fsp3) is 0.294. The summed E-state index contributed by atoms with van der Waals surface area (Å²) in [6.45, 7) is 3.02. The topological polar surface area (TPSA) is 67.4 Å². The van der Waals surface area contributed by atoms with Gasteiger partial charge in [-0.1, -0.05) is 6.07 Å². The molecule has 0 aliphatic rings. The molecular weight excluding hydrogens is 312 g/mol. The normalized spacial score (nSPS) is 10.1. The van der Waals surface area contributed by atoms with Crippen LogP contribution < -0.4 is 15.4 Å². The molecule has 0 fully saturated rings. The lowest BCUT2D eigenvalue weighted by Gasteiger charge is -2.07. The first-order chi connectivity index (χ1) is 11.2. The first kappa shape index (κ1) is 17.0. The Morgan fingerprint density at radius 3 is 2.57 bits per heavy atom. The van der Waals surface area contributed by atoms with Crippen molar-refractivity contribution in [3.05, 3.63) is 52.2 Å². The fourth-order valence-corrected chi connectivity index (χ4v) is 2.68. The van der Waals surface area contributed by atoms with Crippen molar-refractivity contribution in [3.8, 4) is 5.75 Å². The minimum Gasteiger partial charge on any atom is -0.494 e. The number of hydrogen-bond donors (Lipinski definition) is 2. The molecule has 0 aliphatic carbocycles. The average molecular weight is 332 g/mol. The van der Waals surface area contributed by atoms with Gasteiger partial charge in [0.1, 0.15) is 5.75 Å². The zero-order valence-corrected chi connectivity index (χ0v) is 13.8. The minimum atomic E-state index is -0.276. The predicted octanol–water partition coefficient (Wildman–Crippen LogP) is 2.24. The zero-order valence-electron chi connectivity index (χ0n) is 13.0. The Morgan fingerprint density at radius 2 is 1.91 bits per heavy atom. The molecular formula is C17H20N2O3S. The van der Waals surface area contributed by atoms with Gasteiger partial charge in [-0.05, 0) is 49.1 Å². The first-order valence-corrected chi connectivity index (χ1v) is 8.37. The van der Waals surface area contributed by atoms with Crippen molar-refractivity contribution < 1.29 is 14.3 Å². The van der Waals surface area contributed by atoms with Crippen LogP contribution in [0.25, 0.3) is 0 Å². The van der Waals surface area contributed by atoms with Gasteiger partial charge < -0.3 is 15.4 Å². The molecule has 2 N–H and O–H groups in total. The summed E-state index contributed by atoms with van der Waals surface area (Å²) in [6, 6.07) is 10.8. The molecule has 0 unspecified atom stereocenters. The number of carbonyl (C=O) groups excluding carboxylic acids is 2. The van der Waals surface area contributed by atoms with Gasteiger partial charge in [-0.2, -0.15) is 0 Å². The van der Waals surface area contributed by atoms with Gasteiger partial charge >= 0.3 is 0 Å². The monoisotopic (exact) mass is 332 g/mol. The molecule has 0 aliphatic heterocycles. The van der Waals surface area contributed by atoms with Crippen molar-refractivity contribution in [3.63, 3.8) is 0 Å². The summed E-state index contributed by atoms with van der Waals surface area (Å²) in [5, 5.41) is 7.40. The van der Waals surface area contributed by atoms with Crippen LogP contribution in [0.15, 0.2) is 41.8 Å². The number of amides is 2. The molecule has 0 saturated heterocycles. The second-order valence-electron chi connectivity index (χ2n) is 4.82. The van der Waals surface area contributed by atoms with Crippen molar-refractivity contribution in [1.29, 1.82) is 0 Å². The summed E-state index contributed by atoms with van der Waals surface area (Å²) in [7, 11) is 0. The van der Waals surface area contributed by atoms with Crippen LogP contribution in [0.5, 0.6) is 5.75 Å². The van der Waals surface area contributed by atoms with Gasteiger partial charge in [-0.15, -0.1) is 11.3 Å². The van der Waals surface area contributed by atoms with E-state index in [0.29, 0.717) is 18.7 Å². The molecule has 1 aromatic carbocycles. The maximum atomic E-state index is 11.9. The van der Waals surface area contributed by atoms with Crippen LogP contribution in [0.1, 0.15) is 22.2 Å². The molecule has 0 atom stereocenters. The van der Waals surface area contributed by atoms with Gasteiger partial charge in [0, 0.05) is 17.0 Å². The largest absolute Gasteiger partial charge is 0.494 e. The Kier molecular flexibility index (Phi) is 6.62. The number of ether oxygens (including phenoxy) is 1. The van der Waals surface area contributed by atoms with E-state index in [0.717, 1.165) is 12.2 Å². The summed E-state index contributed by atoms with van der Waals surface area (Å²) < 4.78 is 5.32. The number of hydrogen-bond acceptors (Lipinski definition) is 4. The van der Waals surface area contributed by atoms with Crippen LogP contribution in [0.2, 0.25) is 0 Å². The Morgan fingerprint density at radius 1 is 1.13 bits per heavy atom. The van der Waals surface area contributed by atoms with Crippen LogP contribution in [0, 0.1) is 0 Å². The highest BCUT2D eigenvalue weighted by molar-refractivity contribution is 7.09. The van der Waals surface area contributed by atoms with E-state index in [9.17, 15) is 9.59 Å². The standard InChI is InChI=1S/C17H20N2O3S/c1-2-22-14-7-5-13(6-8-14)17(21)19-12-16(20)18-10-9-15-4-3-11-23-15/h3-8,11H,2,9-10,12H2,1H3,(H,18,20)(H,19,21). The highest BCUT2D eigenvalue weighted by atomic mass is 32.1. The van der Waals surface area contributed by atoms with E-state index < -0.39 is 0 Å². The lowest BCUT2D eigenvalue weighted by Crippen LogP contribution is -2.37. The van der Waals surface area contributed by atoms with Crippen LogP contribution in [-0.2, 0) is 11.2 Å². The molecule has 6 heteroatoms. The van der Waals surface area contributed by atoms with Crippen molar-refractivity contribution in [2.45, 2.75) is 13.3 Å². The number of nitrogens with one attached hydrogen (secondary N) is 2. The van der Waals surface area contributed by atoms with Gasteiger partial charge in [0.25, 0.3) is 5.91 Å². The van der Waals surface area contributed by atoms with Crippen molar-refractivity contribution >= 4 is 23.2 Å². The van der Waals surface area contributed by atoms with E-state index >= 15 is 0 Å². The van der Waals surface area contributed by atoms with Crippen LogP contribution in [-0.4, -0.2) is 31.5 Å². The quantitative estimate of drug-likeness (QED) is 0.779. The molecule has 2 amide bonds. The van der Waals surface area contributed by atoms with Crippen LogP contribution >= 0.6 is 11.3 Å². The fourth-order valence-electron chi connectivity index (χ4n) is 1.97. The van der Waals surface area contributed by atoms with Crippen LogP contribution in [0.4, 0.5) is 0 Å². The summed E-state index contributed by atoms with van der Waals surface area (Å²) >= 11 is 1.66. The third kappa shape index (κ3) is 5.75. The summed E-state index contributed by atoms with van der Waals surface area (Å²) in [5.74, 6) is 0.248. The zero-order chi connectivity index (χ0) is 16.5. The smallest absolute Gasteiger partial charge is 0.251 e. The lowest BCUT2D eigenvalue weighted by atomic mass is 10.2. The van der Waals surface area contributed by atoms with E-state index in [1.165, 1.54) is 4.88 Å². The molecule has 0 saturated carbocycles. The summed E-state index contributed by atoms with van der Waals surface area (Å²) in [6.07, 6.45) is 0.802. The van der Waals surface area contributed by atoms with Crippen molar-refractivity contribution in [1.82, 2.24) is 10.6 Å². The van der Waals surface area contributed by atoms with E-state index in [4.69, 9.17) is 4.74 Å². The second kappa shape index (κ2) is 8.95. The molecule has 0 bridgehead atoms. The Bertz CT molecular complexity index is 624. The van der Waals surface area contributed by atoms with E-state index in [1.54, 1.807) is 35.6 Å². The predicted molar refractivity (Wildman–Crippen MR) is 91.0 cm³/mol. The molecule has 0 radical (unpaired) electrons. The minimum absolute atomic E-state index is 0.0313. The maximum Gasteiger partial charge on any atom is 0.251 e. The molecule has 1 heterocycles. The van der Waals surface area contributed by atoms with Gasteiger partial charge in [0.15, 0.2) is 0 Å². The van der Waals surface area contributed by atoms with Gasteiger partial charge in [-0.3, -0.25) is 9.59 Å². The van der Waals surface area contributed by atoms with Gasteiger partial charge in [-0.25, -0.2) is 0 Å². The Balaban J connectivity index is 1.69. The Hall–Kier alpha value is -2.34. The first-order valence-electron chi connectivity index (χ1n) is 7.49. The van der Waals surface area contributed by atoms with Gasteiger partial charge in [0.05, 0.1) is 13.2 Å². The molecule has 2 rings (SSSR count). The van der Waals surface area contributed by atoms with Crippen molar-refractivity contribution in [2.24, 2.45) is 0 Å². The van der Waals surface area contributed by atoms with Gasteiger partial charge in [0.2, 0.25) is 5.91 Å². The third-order valence-electron chi connectivity index (χ3n) is 3.11. The highest BCUT2D eigenvalue weighted by Crippen LogP contribution is 2.11. The molecule has 2 aromatic rings. The highest BCUT2D eigenvalue weighted by Gasteiger charge is 2.08. The van der Waals surface area contributed by atoms with Crippen molar-refractivity contribution in [2.75, 3.05) is 19.7 Å². The lowest BCUT2D eigenvalue weighted by molar-refractivity contribution is -0.120. The molecule has 1 aromatic heterocycles. The molecule has 0 spiro atoms. The maximum absolute atomic E-state index is 11.9. The van der Waals surface area contributed by atoms with E-state index in [1.807, 2.05) is 24.4 Å². The van der Waals surface area contributed by atoms with Crippen LogP contribution in [0.3, 0.4) is 0 Å². The number of benzene rings is 1. The number of rotatable bonds is 8. The number of carbonyl (C=O) groups is 2. The van der Waals surface area contributed by atoms with E-state index in [2.05, 4.69) is 10.6 Å². The third-order valence-corrected chi connectivity index (χ3v) is 4.05. The van der Waals surface area contributed by atoms with E-state index in [-0.39, 0.29) is 18.4 Å². The summed E-state index contributed by atoms with van der Waals surface area (Å²) in [5.41, 5.74) is 0.500. The summed E-state index contributed by atoms with van der Waals surface area (Å²) in [4.78, 5) is 24.9. The molecule has 122 valence electrons. The second-order valence-corrected chi connectivity index (χ2v) is 5.85. The average Bonchev–Trinajstić information content (AvgIpc) is 3.07. The Labute approximate surface area is 139 Å². The number of thiophene rings is 1. The molecule has 23 heavy (non-hydrogen) atoms.